The van der Waals surface area contributed by atoms with E-state index in [1.54, 1.807) is 6.92 Å². The molecule has 0 aromatic carbocycles. The van der Waals surface area contributed by atoms with Gasteiger partial charge in [0.1, 0.15) is 17.1 Å². The molecule has 19 heavy (non-hydrogen) atoms. The van der Waals surface area contributed by atoms with Crippen molar-refractivity contribution in [3.8, 4) is 0 Å². The van der Waals surface area contributed by atoms with Crippen LogP contribution in [-0.2, 0) is 15.9 Å². The Labute approximate surface area is 110 Å². The van der Waals surface area contributed by atoms with Gasteiger partial charge in [0.25, 0.3) is 6.43 Å². The highest BCUT2D eigenvalue weighted by atomic mass is 19.3. The van der Waals surface area contributed by atoms with Crippen LogP contribution in [0.5, 0.6) is 0 Å². The van der Waals surface area contributed by atoms with Crippen molar-refractivity contribution in [2.45, 2.75) is 26.7 Å². The van der Waals surface area contributed by atoms with Gasteiger partial charge in [0.15, 0.2) is 0 Å². The molecule has 5 nitrogen and oxygen atoms in total. The summed E-state index contributed by atoms with van der Waals surface area (Å²) >= 11 is 0. The summed E-state index contributed by atoms with van der Waals surface area (Å²) in [5.41, 5.74) is -0.892. The molecule has 0 aliphatic carbocycles. The van der Waals surface area contributed by atoms with E-state index in [4.69, 9.17) is 4.74 Å². The van der Waals surface area contributed by atoms with E-state index in [9.17, 15) is 13.6 Å². The third kappa shape index (κ3) is 4.51. The van der Waals surface area contributed by atoms with Gasteiger partial charge in [-0.2, -0.15) is 0 Å². The van der Waals surface area contributed by atoms with Crippen molar-refractivity contribution in [3.63, 3.8) is 0 Å². The Morgan fingerprint density at radius 2 is 2.11 bits per heavy atom. The minimum Gasteiger partial charge on any atom is -0.462 e. The Kier molecular flexibility index (Phi) is 6.27. The summed E-state index contributed by atoms with van der Waals surface area (Å²) < 4.78 is 35.5. The Bertz CT molecular complexity index is 427. The number of aromatic nitrogens is 2. The van der Waals surface area contributed by atoms with Gasteiger partial charge in [-0.3, -0.25) is 0 Å². The lowest BCUT2D eigenvalue weighted by atomic mass is 10.2. The molecule has 0 radical (unpaired) electrons. The number of hydrogen-bond donors (Lipinski definition) is 0. The van der Waals surface area contributed by atoms with Crippen LogP contribution < -0.4 is 0 Å². The standard InChI is InChI=1S/C12H16F2N2O3/c1-3-18-6-5-9-15-7-8(12(17)19-4-2)10(16-9)11(13)14/h7,11H,3-6H2,1-2H3. The molecule has 0 aliphatic heterocycles. The van der Waals surface area contributed by atoms with Crippen LogP contribution >= 0.6 is 0 Å². The summed E-state index contributed by atoms with van der Waals surface area (Å²) in [6, 6.07) is 0. The van der Waals surface area contributed by atoms with Crippen LogP contribution in [0.2, 0.25) is 0 Å². The van der Waals surface area contributed by atoms with Crippen molar-refractivity contribution in [2.24, 2.45) is 0 Å². The van der Waals surface area contributed by atoms with Crippen LogP contribution in [0.3, 0.4) is 0 Å². The van der Waals surface area contributed by atoms with E-state index in [0.29, 0.717) is 19.6 Å². The number of halogens is 2. The van der Waals surface area contributed by atoms with Gasteiger partial charge in [0, 0.05) is 19.2 Å². The van der Waals surface area contributed by atoms with E-state index in [2.05, 4.69) is 14.7 Å². The zero-order valence-corrected chi connectivity index (χ0v) is 10.9. The van der Waals surface area contributed by atoms with E-state index < -0.39 is 18.1 Å². The maximum Gasteiger partial charge on any atom is 0.341 e. The highest BCUT2D eigenvalue weighted by Crippen LogP contribution is 2.21. The van der Waals surface area contributed by atoms with E-state index in [1.807, 2.05) is 6.92 Å². The highest BCUT2D eigenvalue weighted by Gasteiger charge is 2.22. The second-order valence-corrected chi connectivity index (χ2v) is 3.55. The first kappa shape index (κ1) is 15.4. The molecule has 1 aromatic rings. The lowest BCUT2D eigenvalue weighted by molar-refractivity contribution is 0.0512. The van der Waals surface area contributed by atoms with Gasteiger partial charge in [-0.15, -0.1) is 0 Å². The fourth-order valence-electron chi connectivity index (χ4n) is 1.39. The van der Waals surface area contributed by atoms with Crippen molar-refractivity contribution in [3.05, 3.63) is 23.3 Å². The maximum atomic E-state index is 12.9. The largest absolute Gasteiger partial charge is 0.462 e. The SMILES string of the molecule is CCOCCc1ncc(C(=O)OCC)c(C(F)F)n1. The average molecular weight is 274 g/mol. The summed E-state index contributed by atoms with van der Waals surface area (Å²) in [4.78, 5) is 19.1. The van der Waals surface area contributed by atoms with Crippen LogP contribution in [-0.4, -0.2) is 35.8 Å². The number of carbonyl (C=O) groups is 1. The van der Waals surface area contributed by atoms with Crippen LogP contribution in [0.4, 0.5) is 8.78 Å². The summed E-state index contributed by atoms with van der Waals surface area (Å²) in [5.74, 6) is -0.619. The number of ether oxygens (including phenoxy) is 2. The Hall–Kier alpha value is -1.63. The number of esters is 1. The van der Waals surface area contributed by atoms with Gasteiger partial charge in [0.05, 0.1) is 13.2 Å². The minimum absolute atomic E-state index is 0.105. The van der Waals surface area contributed by atoms with Crippen LogP contribution in [0, 0.1) is 0 Å². The van der Waals surface area contributed by atoms with E-state index in [1.165, 1.54) is 0 Å². The molecule has 0 amide bonds. The smallest absolute Gasteiger partial charge is 0.341 e. The third-order valence-electron chi connectivity index (χ3n) is 2.24. The molecule has 1 rings (SSSR count). The summed E-state index contributed by atoms with van der Waals surface area (Å²) in [6.45, 7) is 4.40. The molecular weight excluding hydrogens is 258 g/mol. The molecule has 0 atom stereocenters. The predicted octanol–water partition coefficient (Wildman–Crippen LogP) is 2.17. The van der Waals surface area contributed by atoms with Gasteiger partial charge in [0.2, 0.25) is 0 Å². The number of alkyl halides is 2. The second kappa shape index (κ2) is 7.73. The molecule has 0 fully saturated rings. The maximum absolute atomic E-state index is 12.9. The molecule has 0 N–H and O–H groups in total. The molecule has 0 saturated carbocycles. The molecule has 0 saturated heterocycles. The average Bonchev–Trinajstić information content (AvgIpc) is 2.39. The van der Waals surface area contributed by atoms with Gasteiger partial charge < -0.3 is 9.47 Å². The molecule has 7 heteroatoms. The van der Waals surface area contributed by atoms with Crippen molar-refractivity contribution in [2.75, 3.05) is 19.8 Å². The summed E-state index contributed by atoms with van der Waals surface area (Å²) in [5, 5.41) is 0. The zero-order chi connectivity index (χ0) is 14.3. The van der Waals surface area contributed by atoms with Gasteiger partial charge in [-0.1, -0.05) is 0 Å². The lowest BCUT2D eigenvalue weighted by Crippen LogP contribution is -2.13. The van der Waals surface area contributed by atoms with Crippen molar-refractivity contribution in [1.29, 1.82) is 0 Å². The quantitative estimate of drug-likeness (QED) is 0.563. The molecular formula is C12H16F2N2O3. The monoisotopic (exact) mass is 274 g/mol. The molecule has 0 unspecified atom stereocenters. The normalized spacial score (nSPS) is 10.8. The zero-order valence-electron chi connectivity index (χ0n) is 10.9. The molecule has 1 heterocycles. The van der Waals surface area contributed by atoms with Crippen molar-refractivity contribution in [1.82, 2.24) is 9.97 Å². The van der Waals surface area contributed by atoms with Gasteiger partial charge in [-0.25, -0.2) is 23.5 Å². The van der Waals surface area contributed by atoms with Crippen molar-refractivity contribution < 1.29 is 23.0 Å². The second-order valence-electron chi connectivity index (χ2n) is 3.55. The first-order chi connectivity index (χ1) is 9.10. The Morgan fingerprint density at radius 1 is 1.37 bits per heavy atom. The molecule has 106 valence electrons. The van der Waals surface area contributed by atoms with Crippen molar-refractivity contribution >= 4 is 5.97 Å². The minimum atomic E-state index is -2.85. The van der Waals surface area contributed by atoms with E-state index in [-0.39, 0.29) is 18.0 Å². The number of carbonyl (C=O) groups excluding carboxylic acids is 1. The van der Waals surface area contributed by atoms with Gasteiger partial charge in [-0.05, 0) is 13.8 Å². The van der Waals surface area contributed by atoms with E-state index >= 15 is 0 Å². The molecule has 0 spiro atoms. The highest BCUT2D eigenvalue weighted by molar-refractivity contribution is 5.90. The number of nitrogens with zero attached hydrogens (tertiary/aromatic N) is 2. The fourth-order valence-corrected chi connectivity index (χ4v) is 1.39. The van der Waals surface area contributed by atoms with Crippen LogP contribution in [0.1, 0.15) is 42.1 Å². The Morgan fingerprint density at radius 3 is 2.68 bits per heavy atom. The van der Waals surface area contributed by atoms with Crippen LogP contribution in [0.25, 0.3) is 0 Å². The number of hydrogen-bond acceptors (Lipinski definition) is 5. The van der Waals surface area contributed by atoms with Crippen LogP contribution in [0.15, 0.2) is 6.20 Å². The topological polar surface area (TPSA) is 61.3 Å². The summed E-state index contributed by atoms with van der Waals surface area (Å²) in [7, 11) is 0. The lowest BCUT2D eigenvalue weighted by Gasteiger charge is -2.08. The predicted molar refractivity (Wildman–Crippen MR) is 63.1 cm³/mol. The molecule has 1 aromatic heterocycles. The first-order valence-electron chi connectivity index (χ1n) is 5.98. The van der Waals surface area contributed by atoms with Gasteiger partial charge >= 0.3 is 5.97 Å². The number of rotatable bonds is 7. The molecule has 0 bridgehead atoms. The molecule has 0 aliphatic rings. The summed E-state index contributed by atoms with van der Waals surface area (Å²) in [6.07, 6.45) is -1.46. The Balaban J connectivity index is 2.91. The first-order valence-corrected chi connectivity index (χ1v) is 5.98. The van der Waals surface area contributed by atoms with E-state index in [0.717, 1.165) is 6.20 Å². The third-order valence-corrected chi connectivity index (χ3v) is 2.24. The fraction of sp³-hybridized carbons (Fsp3) is 0.583.